The number of hydrogen-bond acceptors (Lipinski definition) is 6. The largest absolute Gasteiger partial charge is 0.491 e. The van der Waals surface area contributed by atoms with E-state index in [9.17, 15) is 14.7 Å². The topological polar surface area (TPSA) is 102 Å². The zero-order chi connectivity index (χ0) is 20.3. The summed E-state index contributed by atoms with van der Waals surface area (Å²) in [5.74, 6) is 0.659. The predicted molar refractivity (Wildman–Crippen MR) is 109 cm³/mol. The first-order valence-corrected chi connectivity index (χ1v) is 10.0. The van der Waals surface area contributed by atoms with Crippen molar-refractivity contribution in [2.75, 3.05) is 6.61 Å². The molecule has 0 bridgehead atoms. The smallest absolute Gasteiger partial charge is 0.329 e. The lowest BCUT2D eigenvalue weighted by atomic mass is 10.3. The molecule has 0 aliphatic heterocycles. The number of thioether (sulfide) groups is 1. The number of nitrogens with one attached hydrogen (secondary N) is 1. The molecule has 0 fully saturated rings. The molecule has 150 valence electrons. The summed E-state index contributed by atoms with van der Waals surface area (Å²) in [4.78, 5) is 31.2. The second kappa shape index (κ2) is 8.66. The number of imidazole rings is 1. The number of para-hydroxylation sites is 1. The van der Waals surface area contributed by atoms with E-state index in [1.54, 1.807) is 11.6 Å². The molecule has 0 aliphatic rings. The molecule has 2 heterocycles. The Labute approximate surface area is 166 Å². The molecule has 9 heteroatoms. The quantitative estimate of drug-likeness (QED) is 0.555. The van der Waals surface area contributed by atoms with Crippen LogP contribution in [0.1, 0.15) is 20.3 Å². The number of rotatable bonds is 8. The first-order chi connectivity index (χ1) is 13.4. The molecule has 0 aliphatic carbocycles. The normalized spacial score (nSPS) is 13.6. The molecule has 2 aromatic heterocycles. The predicted octanol–water partition coefficient (Wildman–Crippen LogP) is 1.75. The first kappa shape index (κ1) is 20.2. The Morgan fingerprint density at radius 3 is 2.68 bits per heavy atom. The fourth-order valence-electron chi connectivity index (χ4n) is 2.71. The van der Waals surface area contributed by atoms with Gasteiger partial charge in [-0.25, -0.2) is 9.78 Å². The minimum atomic E-state index is -0.856. The highest BCUT2D eigenvalue weighted by atomic mass is 32.2. The zero-order valence-corrected chi connectivity index (χ0v) is 16.9. The fourth-order valence-corrected chi connectivity index (χ4v) is 3.67. The Kier molecular flexibility index (Phi) is 6.25. The van der Waals surface area contributed by atoms with Crippen LogP contribution in [-0.2, 0) is 13.6 Å². The third-order valence-electron chi connectivity index (χ3n) is 4.43. The van der Waals surface area contributed by atoms with Crippen LogP contribution in [0.3, 0.4) is 0 Å². The molecule has 3 aromatic rings. The van der Waals surface area contributed by atoms with Gasteiger partial charge in [-0.1, -0.05) is 43.8 Å². The molecule has 2 atom stereocenters. The van der Waals surface area contributed by atoms with Crippen molar-refractivity contribution in [2.45, 2.75) is 43.3 Å². The highest BCUT2D eigenvalue weighted by molar-refractivity contribution is 7.99. The molecular weight excluding hydrogens is 380 g/mol. The van der Waals surface area contributed by atoms with Gasteiger partial charge in [-0.3, -0.25) is 14.3 Å². The average Bonchev–Trinajstić information content (AvgIpc) is 3.03. The Morgan fingerprint density at radius 2 is 2.00 bits per heavy atom. The molecule has 2 N–H and O–H groups in total. The molecule has 0 radical (unpaired) electrons. The maximum atomic E-state index is 12.5. The van der Waals surface area contributed by atoms with E-state index in [1.807, 2.05) is 30.3 Å². The van der Waals surface area contributed by atoms with Crippen molar-refractivity contribution in [1.82, 2.24) is 19.1 Å². The minimum Gasteiger partial charge on any atom is -0.491 e. The molecule has 0 amide bonds. The molecule has 2 unspecified atom stereocenters. The van der Waals surface area contributed by atoms with Gasteiger partial charge < -0.3 is 14.4 Å². The first-order valence-electron chi connectivity index (χ1n) is 9.12. The third-order valence-corrected chi connectivity index (χ3v) is 5.69. The molecule has 1 aromatic carbocycles. The molecule has 0 saturated heterocycles. The molecule has 28 heavy (non-hydrogen) atoms. The van der Waals surface area contributed by atoms with E-state index in [-0.39, 0.29) is 23.9 Å². The lowest BCUT2D eigenvalue weighted by Crippen LogP contribution is -2.30. The average molecular weight is 404 g/mol. The molecular formula is C19H24N4O4S. The van der Waals surface area contributed by atoms with Crippen LogP contribution in [0.5, 0.6) is 5.75 Å². The lowest BCUT2D eigenvalue weighted by molar-refractivity contribution is 0.0913. The Hall–Kier alpha value is -2.52. The number of aliphatic hydroxyl groups excluding tert-OH is 1. The summed E-state index contributed by atoms with van der Waals surface area (Å²) in [5.41, 5.74) is -0.463. The summed E-state index contributed by atoms with van der Waals surface area (Å²) in [6.07, 6.45) is 0.0635. The molecule has 0 saturated carbocycles. The van der Waals surface area contributed by atoms with E-state index in [0.717, 1.165) is 6.42 Å². The maximum absolute atomic E-state index is 12.5. The summed E-state index contributed by atoms with van der Waals surface area (Å²) in [7, 11) is 1.56. The Bertz CT molecular complexity index is 1060. The van der Waals surface area contributed by atoms with Crippen molar-refractivity contribution in [3.05, 3.63) is 51.2 Å². The van der Waals surface area contributed by atoms with Crippen molar-refractivity contribution < 1.29 is 9.84 Å². The summed E-state index contributed by atoms with van der Waals surface area (Å²) < 4.78 is 8.59. The number of H-pyrrole nitrogens is 1. The van der Waals surface area contributed by atoms with Gasteiger partial charge in [-0.2, -0.15) is 0 Å². The Balaban J connectivity index is 1.93. The number of hydrogen-bond donors (Lipinski definition) is 2. The fraction of sp³-hybridized carbons (Fsp3) is 0.421. The van der Waals surface area contributed by atoms with E-state index >= 15 is 0 Å². The maximum Gasteiger partial charge on any atom is 0.329 e. The van der Waals surface area contributed by atoms with Gasteiger partial charge in [0.25, 0.3) is 5.56 Å². The van der Waals surface area contributed by atoms with Crippen molar-refractivity contribution in [3.63, 3.8) is 0 Å². The standard InChI is InChI=1S/C19H24N4O4S/c1-4-12(2)28-19-20-16-15(17(25)21-18(26)22(16)3)23(19)10-13(24)11-27-14-8-6-5-7-9-14/h5-9,12-13,24H,4,10-11H2,1-3H3,(H,21,25,26). The number of fused-ring (bicyclic) bond motifs is 1. The van der Waals surface area contributed by atoms with Crippen molar-refractivity contribution >= 4 is 22.9 Å². The van der Waals surface area contributed by atoms with Crippen LogP contribution in [0.4, 0.5) is 0 Å². The van der Waals surface area contributed by atoms with Crippen molar-refractivity contribution in [3.8, 4) is 5.75 Å². The van der Waals surface area contributed by atoms with Gasteiger partial charge in [-0.15, -0.1) is 0 Å². The SMILES string of the molecule is CCC(C)Sc1nc2c(c(=O)[nH]c(=O)n2C)n1CC(O)COc1ccccc1. The van der Waals surface area contributed by atoms with Crippen LogP contribution in [0.15, 0.2) is 45.1 Å². The van der Waals surface area contributed by atoms with Crippen molar-refractivity contribution in [2.24, 2.45) is 7.05 Å². The van der Waals surface area contributed by atoms with Crippen LogP contribution in [0, 0.1) is 0 Å². The van der Waals surface area contributed by atoms with Crippen LogP contribution >= 0.6 is 11.8 Å². The third kappa shape index (κ3) is 4.31. The highest BCUT2D eigenvalue weighted by Crippen LogP contribution is 2.27. The van der Waals surface area contributed by atoms with Gasteiger partial charge in [0.15, 0.2) is 16.3 Å². The van der Waals surface area contributed by atoms with Gasteiger partial charge >= 0.3 is 5.69 Å². The zero-order valence-electron chi connectivity index (χ0n) is 16.1. The van der Waals surface area contributed by atoms with Gasteiger partial charge in [-0.05, 0) is 18.6 Å². The van der Waals surface area contributed by atoms with Gasteiger partial charge in [0.05, 0.1) is 6.54 Å². The Morgan fingerprint density at radius 1 is 1.29 bits per heavy atom. The summed E-state index contributed by atoms with van der Waals surface area (Å²) in [6.45, 7) is 4.33. The van der Waals surface area contributed by atoms with Crippen LogP contribution in [-0.4, -0.2) is 42.2 Å². The number of nitrogens with zero attached hydrogens (tertiary/aromatic N) is 3. The summed E-state index contributed by atoms with van der Waals surface area (Å²) in [5, 5.41) is 11.4. The number of benzene rings is 1. The van der Waals surface area contributed by atoms with E-state index in [2.05, 4.69) is 23.8 Å². The summed E-state index contributed by atoms with van der Waals surface area (Å²) in [6, 6.07) is 9.21. The van der Waals surface area contributed by atoms with E-state index in [1.165, 1.54) is 16.3 Å². The van der Waals surface area contributed by atoms with E-state index in [0.29, 0.717) is 16.6 Å². The molecule has 8 nitrogen and oxygen atoms in total. The second-order valence-electron chi connectivity index (χ2n) is 6.61. The number of aromatic amines is 1. The number of ether oxygens (including phenoxy) is 1. The monoisotopic (exact) mass is 404 g/mol. The number of aryl methyl sites for hydroxylation is 1. The van der Waals surface area contributed by atoms with E-state index in [4.69, 9.17) is 4.74 Å². The van der Waals surface area contributed by atoms with Crippen molar-refractivity contribution in [1.29, 1.82) is 0 Å². The highest BCUT2D eigenvalue weighted by Gasteiger charge is 2.21. The van der Waals surface area contributed by atoms with Gasteiger partial charge in [0.2, 0.25) is 0 Å². The lowest BCUT2D eigenvalue weighted by Gasteiger charge is -2.16. The second-order valence-corrected chi connectivity index (χ2v) is 8.02. The van der Waals surface area contributed by atoms with Gasteiger partial charge in [0, 0.05) is 12.3 Å². The minimum absolute atomic E-state index is 0.0702. The van der Waals surface area contributed by atoms with Crippen LogP contribution < -0.4 is 16.0 Å². The number of aromatic nitrogens is 4. The van der Waals surface area contributed by atoms with Crippen LogP contribution in [0.25, 0.3) is 11.2 Å². The molecule has 3 rings (SSSR count). The van der Waals surface area contributed by atoms with Crippen LogP contribution in [0.2, 0.25) is 0 Å². The summed E-state index contributed by atoms with van der Waals surface area (Å²) >= 11 is 1.51. The van der Waals surface area contributed by atoms with E-state index < -0.39 is 17.4 Å². The molecule has 0 spiro atoms. The van der Waals surface area contributed by atoms with Gasteiger partial charge in [0.1, 0.15) is 18.5 Å². The number of aliphatic hydroxyl groups is 1.